The van der Waals surface area contributed by atoms with Crippen molar-refractivity contribution in [3.8, 4) is 0 Å². The maximum atomic E-state index is 3.30. The number of hydrogen-bond donors (Lipinski definition) is 0. The molecule has 1 heterocycles. The van der Waals surface area contributed by atoms with Crippen LogP contribution in [0.2, 0.25) is 0 Å². The Bertz CT molecular complexity index is 455. The molecule has 0 aliphatic heterocycles. The molecule has 2 nitrogen and oxygen atoms in total. The van der Waals surface area contributed by atoms with Crippen LogP contribution in [0.3, 0.4) is 0 Å². The van der Waals surface area contributed by atoms with Crippen molar-refractivity contribution in [1.82, 2.24) is 9.47 Å². The minimum Gasteiger partial charge on any atom is -0.347 e. The lowest BCUT2D eigenvalue weighted by Gasteiger charge is -2.17. The standard InChI is InChI=1S/C15H21N2/c1-3-16(4-2)11-7-12-17-13-10-14-8-5-6-9-15(14)17/h5-6,8-9,13H,3-4,7,11-12H2,1-2H3. The molecule has 0 atom stereocenters. The molecule has 0 aliphatic rings. The summed E-state index contributed by atoms with van der Waals surface area (Å²) >= 11 is 0. The first-order chi connectivity index (χ1) is 8.35. The predicted octanol–water partition coefficient (Wildman–Crippen LogP) is 3.17. The first-order valence-corrected chi connectivity index (χ1v) is 6.53. The van der Waals surface area contributed by atoms with E-state index in [0.717, 1.165) is 19.6 Å². The monoisotopic (exact) mass is 229 g/mol. The molecular weight excluding hydrogens is 208 g/mol. The second-order valence-corrected chi connectivity index (χ2v) is 4.36. The molecule has 0 saturated heterocycles. The largest absolute Gasteiger partial charge is 0.347 e. The van der Waals surface area contributed by atoms with Crippen molar-refractivity contribution >= 4 is 10.9 Å². The van der Waals surface area contributed by atoms with Crippen molar-refractivity contribution in [2.45, 2.75) is 26.8 Å². The van der Waals surface area contributed by atoms with Gasteiger partial charge in [-0.25, -0.2) is 0 Å². The summed E-state index contributed by atoms with van der Waals surface area (Å²) in [5.74, 6) is 0. The zero-order valence-electron chi connectivity index (χ0n) is 10.8. The summed E-state index contributed by atoms with van der Waals surface area (Å²) < 4.78 is 2.30. The van der Waals surface area contributed by atoms with Crippen LogP contribution >= 0.6 is 0 Å². The van der Waals surface area contributed by atoms with Crippen LogP contribution in [-0.2, 0) is 6.54 Å². The van der Waals surface area contributed by atoms with Gasteiger partial charge in [0.05, 0.1) is 0 Å². The molecule has 0 saturated carbocycles. The molecule has 2 heteroatoms. The van der Waals surface area contributed by atoms with Gasteiger partial charge in [0.1, 0.15) is 0 Å². The Morgan fingerprint density at radius 1 is 1.18 bits per heavy atom. The normalized spacial score (nSPS) is 11.5. The molecule has 0 amide bonds. The predicted molar refractivity (Wildman–Crippen MR) is 73.2 cm³/mol. The van der Waals surface area contributed by atoms with Crippen molar-refractivity contribution in [2.24, 2.45) is 0 Å². The molecule has 0 bridgehead atoms. The van der Waals surface area contributed by atoms with Crippen LogP contribution in [0.5, 0.6) is 0 Å². The van der Waals surface area contributed by atoms with Gasteiger partial charge in [0.25, 0.3) is 0 Å². The molecule has 0 fully saturated rings. The molecule has 17 heavy (non-hydrogen) atoms. The van der Waals surface area contributed by atoms with Gasteiger partial charge in [-0.05, 0) is 32.1 Å². The highest BCUT2D eigenvalue weighted by molar-refractivity contribution is 5.79. The summed E-state index contributed by atoms with van der Waals surface area (Å²) in [7, 11) is 0. The molecule has 0 aliphatic carbocycles. The van der Waals surface area contributed by atoms with E-state index >= 15 is 0 Å². The van der Waals surface area contributed by atoms with Crippen LogP contribution in [0.15, 0.2) is 30.5 Å². The molecule has 0 unspecified atom stereocenters. The van der Waals surface area contributed by atoms with E-state index in [9.17, 15) is 0 Å². The molecule has 2 aromatic rings. The van der Waals surface area contributed by atoms with Gasteiger partial charge in [0, 0.05) is 29.7 Å². The molecule has 1 aromatic heterocycles. The van der Waals surface area contributed by atoms with Gasteiger partial charge in [-0.3, -0.25) is 0 Å². The van der Waals surface area contributed by atoms with Crippen LogP contribution in [0.1, 0.15) is 20.3 Å². The Balaban J connectivity index is 1.95. The summed E-state index contributed by atoms with van der Waals surface area (Å²) in [5.41, 5.74) is 1.30. The third kappa shape index (κ3) is 2.89. The Kier molecular flexibility index (Phi) is 4.21. The molecule has 1 radical (unpaired) electrons. The Morgan fingerprint density at radius 2 is 1.94 bits per heavy atom. The maximum Gasteiger partial charge on any atom is 0.0486 e. The van der Waals surface area contributed by atoms with Gasteiger partial charge in [-0.2, -0.15) is 0 Å². The van der Waals surface area contributed by atoms with Crippen LogP contribution in [0, 0.1) is 6.07 Å². The summed E-state index contributed by atoms with van der Waals surface area (Å²) in [4.78, 5) is 2.47. The van der Waals surface area contributed by atoms with Crippen molar-refractivity contribution in [1.29, 1.82) is 0 Å². The molecule has 0 N–H and O–H groups in total. The van der Waals surface area contributed by atoms with Gasteiger partial charge in [-0.15, -0.1) is 0 Å². The summed E-state index contributed by atoms with van der Waals surface area (Å²) in [5, 5.41) is 1.22. The van der Waals surface area contributed by atoms with Gasteiger partial charge < -0.3 is 9.47 Å². The minimum atomic E-state index is 1.08. The number of para-hydroxylation sites is 1. The van der Waals surface area contributed by atoms with Gasteiger partial charge in [-0.1, -0.05) is 32.0 Å². The molecule has 0 spiro atoms. The zero-order valence-corrected chi connectivity index (χ0v) is 10.8. The number of nitrogens with zero attached hydrogens (tertiary/aromatic N) is 2. The lowest BCUT2D eigenvalue weighted by Crippen LogP contribution is -2.24. The highest BCUT2D eigenvalue weighted by Crippen LogP contribution is 2.14. The number of benzene rings is 1. The number of fused-ring (bicyclic) bond motifs is 1. The number of aromatic nitrogens is 1. The van der Waals surface area contributed by atoms with Crippen LogP contribution < -0.4 is 0 Å². The smallest absolute Gasteiger partial charge is 0.0486 e. The Labute approximate surface area is 104 Å². The van der Waals surface area contributed by atoms with E-state index in [1.54, 1.807) is 0 Å². The fourth-order valence-corrected chi connectivity index (χ4v) is 2.25. The van der Waals surface area contributed by atoms with Crippen LogP contribution in [0.4, 0.5) is 0 Å². The van der Waals surface area contributed by atoms with E-state index in [0.29, 0.717) is 0 Å². The fourth-order valence-electron chi connectivity index (χ4n) is 2.25. The van der Waals surface area contributed by atoms with Crippen molar-refractivity contribution in [2.75, 3.05) is 19.6 Å². The Hall–Kier alpha value is -1.28. The highest BCUT2D eigenvalue weighted by atomic mass is 15.1. The SMILES string of the molecule is CCN(CC)CCCn1c[c]c2ccccc21. The summed E-state index contributed by atoms with van der Waals surface area (Å²) in [6.07, 6.45) is 3.28. The van der Waals surface area contributed by atoms with Crippen LogP contribution in [0.25, 0.3) is 10.9 Å². The second-order valence-electron chi connectivity index (χ2n) is 4.36. The third-order valence-electron chi connectivity index (χ3n) is 3.36. The number of aryl methyl sites for hydroxylation is 1. The summed E-state index contributed by atoms with van der Waals surface area (Å²) in [6, 6.07) is 11.8. The van der Waals surface area contributed by atoms with E-state index in [1.807, 2.05) is 0 Å². The van der Waals surface area contributed by atoms with Crippen LogP contribution in [-0.4, -0.2) is 29.1 Å². The van der Waals surface area contributed by atoms with E-state index in [1.165, 1.54) is 23.9 Å². The average Bonchev–Trinajstić information content (AvgIpc) is 2.78. The quantitative estimate of drug-likeness (QED) is 0.738. The zero-order chi connectivity index (χ0) is 12.1. The molecule has 2 rings (SSSR count). The van der Waals surface area contributed by atoms with E-state index in [2.05, 4.69) is 59.8 Å². The Morgan fingerprint density at radius 3 is 2.71 bits per heavy atom. The van der Waals surface area contributed by atoms with Gasteiger partial charge >= 0.3 is 0 Å². The van der Waals surface area contributed by atoms with Crippen molar-refractivity contribution < 1.29 is 0 Å². The van der Waals surface area contributed by atoms with E-state index < -0.39 is 0 Å². The average molecular weight is 229 g/mol. The molecule has 91 valence electrons. The van der Waals surface area contributed by atoms with Crippen molar-refractivity contribution in [3.05, 3.63) is 36.5 Å². The van der Waals surface area contributed by atoms with Gasteiger partial charge in [0.2, 0.25) is 0 Å². The van der Waals surface area contributed by atoms with Gasteiger partial charge in [0.15, 0.2) is 0 Å². The fraction of sp³-hybridized carbons (Fsp3) is 0.467. The maximum absolute atomic E-state index is 3.30. The molecule has 1 aromatic carbocycles. The highest BCUT2D eigenvalue weighted by Gasteiger charge is 2.02. The lowest BCUT2D eigenvalue weighted by atomic mass is 10.2. The lowest BCUT2D eigenvalue weighted by molar-refractivity contribution is 0.294. The first kappa shape index (κ1) is 12.2. The third-order valence-corrected chi connectivity index (χ3v) is 3.36. The number of rotatable bonds is 6. The number of hydrogen-bond acceptors (Lipinski definition) is 1. The topological polar surface area (TPSA) is 8.17 Å². The molecular formula is C15H21N2. The second kappa shape index (κ2) is 5.87. The minimum absolute atomic E-state index is 1.08. The van der Waals surface area contributed by atoms with E-state index in [-0.39, 0.29) is 0 Å². The van der Waals surface area contributed by atoms with Crippen molar-refractivity contribution in [3.63, 3.8) is 0 Å². The first-order valence-electron chi connectivity index (χ1n) is 6.53. The van der Waals surface area contributed by atoms with E-state index in [4.69, 9.17) is 0 Å². The summed E-state index contributed by atoms with van der Waals surface area (Å²) in [6.45, 7) is 9.01.